The highest BCUT2D eigenvalue weighted by atomic mass is 16.1. The summed E-state index contributed by atoms with van der Waals surface area (Å²) in [4.78, 5) is 23.2. The monoisotopic (exact) mass is 310 g/mol. The van der Waals surface area contributed by atoms with Gasteiger partial charge in [0, 0.05) is 31.2 Å². The van der Waals surface area contributed by atoms with E-state index in [1.54, 1.807) is 18.5 Å². The average molecular weight is 310 g/mol. The number of piperidine rings is 1. The predicted molar refractivity (Wildman–Crippen MR) is 91.4 cm³/mol. The molecule has 1 N–H and O–H groups in total. The Kier molecular flexibility index (Phi) is 4.86. The number of carbonyl (C=O) groups excluding carboxylic acids is 1. The largest absolute Gasteiger partial charge is 0.340 e. The van der Waals surface area contributed by atoms with Crippen LogP contribution in [-0.4, -0.2) is 29.0 Å². The summed E-state index contributed by atoms with van der Waals surface area (Å²) in [5.41, 5.74) is 2.10. The molecule has 5 nitrogen and oxygen atoms in total. The van der Waals surface area contributed by atoms with Crippen LogP contribution in [0.15, 0.2) is 42.7 Å². The molecule has 1 aliphatic heterocycles. The quantitative estimate of drug-likeness (QED) is 0.943. The molecular weight excluding hydrogens is 288 g/mol. The van der Waals surface area contributed by atoms with Crippen molar-refractivity contribution in [1.82, 2.24) is 9.97 Å². The van der Waals surface area contributed by atoms with E-state index in [0.717, 1.165) is 31.5 Å². The lowest BCUT2D eigenvalue weighted by molar-refractivity contribution is -0.120. The second-order valence-corrected chi connectivity index (χ2v) is 5.88. The Labute approximate surface area is 136 Å². The Morgan fingerprint density at radius 3 is 2.91 bits per heavy atom. The van der Waals surface area contributed by atoms with Gasteiger partial charge in [-0.3, -0.25) is 4.79 Å². The van der Waals surface area contributed by atoms with Crippen molar-refractivity contribution >= 4 is 17.5 Å². The van der Waals surface area contributed by atoms with Crippen molar-refractivity contribution in [3.8, 4) is 0 Å². The minimum Gasteiger partial charge on any atom is -0.340 e. The smallest absolute Gasteiger partial charge is 0.229 e. The highest BCUT2D eigenvalue weighted by Crippen LogP contribution is 2.22. The number of aromatic nitrogens is 2. The molecule has 0 bridgehead atoms. The number of aryl methyl sites for hydroxylation is 1. The SMILES string of the molecule is CCc1cccc(NC(=O)[C@@H]2CCCN(c3ncccn3)C2)c1. The molecule has 2 heterocycles. The van der Waals surface area contributed by atoms with Crippen molar-refractivity contribution in [2.24, 2.45) is 5.92 Å². The lowest BCUT2D eigenvalue weighted by atomic mass is 9.97. The first-order chi connectivity index (χ1) is 11.3. The van der Waals surface area contributed by atoms with Gasteiger partial charge in [-0.2, -0.15) is 0 Å². The first-order valence-electron chi connectivity index (χ1n) is 8.18. The minimum atomic E-state index is -0.0298. The summed E-state index contributed by atoms with van der Waals surface area (Å²) in [7, 11) is 0. The van der Waals surface area contributed by atoms with Gasteiger partial charge in [0.05, 0.1) is 5.92 Å². The Bertz CT molecular complexity index is 659. The molecule has 0 spiro atoms. The molecule has 0 radical (unpaired) electrons. The zero-order valence-electron chi connectivity index (χ0n) is 13.4. The summed E-state index contributed by atoms with van der Waals surface area (Å²) in [6.07, 6.45) is 6.32. The summed E-state index contributed by atoms with van der Waals surface area (Å²) in [5.74, 6) is 0.759. The lowest BCUT2D eigenvalue weighted by Crippen LogP contribution is -2.41. The maximum atomic E-state index is 12.6. The molecule has 3 rings (SSSR count). The van der Waals surface area contributed by atoms with Gasteiger partial charge in [0.15, 0.2) is 0 Å². The molecule has 0 aliphatic carbocycles. The molecular formula is C18H22N4O. The number of carbonyl (C=O) groups is 1. The van der Waals surface area contributed by atoms with Gasteiger partial charge in [0.2, 0.25) is 11.9 Å². The van der Waals surface area contributed by atoms with Gasteiger partial charge in [-0.15, -0.1) is 0 Å². The molecule has 1 aromatic heterocycles. The topological polar surface area (TPSA) is 58.1 Å². The molecule has 2 aromatic rings. The number of anilines is 2. The van der Waals surface area contributed by atoms with Crippen molar-refractivity contribution < 1.29 is 4.79 Å². The van der Waals surface area contributed by atoms with Crippen LogP contribution in [0.5, 0.6) is 0 Å². The van der Waals surface area contributed by atoms with Crippen LogP contribution >= 0.6 is 0 Å². The summed E-state index contributed by atoms with van der Waals surface area (Å²) >= 11 is 0. The Hall–Kier alpha value is -2.43. The normalized spacial score (nSPS) is 17.8. The fourth-order valence-corrected chi connectivity index (χ4v) is 2.94. The fraction of sp³-hybridized carbons (Fsp3) is 0.389. The van der Waals surface area contributed by atoms with Gasteiger partial charge in [0.25, 0.3) is 0 Å². The molecule has 0 unspecified atom stereocenters. The van der Waals surface area contributed by atoms with Crippen molar-refractivity contribution in [2.75, 3.05) is 23.3 Å². The predicted octanol–water partition coefficient (Wildman–Crippen LogP) is 2.89. The van der Waals surface area contributed by atoms with Gasteiger partial charge in [-0.25, -0.2) is 9.97 Å². The standard InChI is InChI=1S/C18H22N4O/c1-2-14-6-3-8-16(12-14)21-17(23)15-7-4-11-22(13-15)18-19-9-5-10-20-18/h3,5-6,8-10,12,15H,2,4,7,11,13H2,1H3,(H,21,23)/t15-/m1/s1. The minimum absolute atomic E-state index is 0.0298. The van der Waals surface area contributed by atoms with Gasteiger partial charge in [-0.05, 0) is 43.0 Å². The third-order valence-corrected chi connectivity index (χ3v) is 4.23. The van der Waals surface area contributed by atoms with Gasteiger partial charge in [0.1, 0.15) is 0 Å². The molecule has 5 heteroatoms. The van der Waals surface area contributed by atoms with E-state index < -0.39 is 0 Å². The van der Waals surface area contributed by atoms with E-state index in [0.29, 0.717) is 12.5 Å². The van der Waals surface area contributed by atoms with Crippen molar-refractivity contribution in [1.29, 1.82) is 0 Å². The molecule has 23 heavy (non-hydrogen) atoms. The average Bonchev–Trinajstić information content (AvgIpc) is 2.63. The molecule has 120 valence electrons. The second-order valence-electron chi connectivity index (χ2n) is 5.88. The highest BCUT2D eigenvalue weighted by molar-refractivity contribution is 5.93. The maximum absolute atomic E-state index is 12.6. The third kappa shape index (κ3) is 3.86. The summed E-state index contributed by atoms with van der Waals surface area (Å²) in [5, 5.41) is 3.05. The second kappa shape index (κ2) is 7.22. The van der Waals surface area contributed by atoms with Crippen LogP contribution in [-0.2, 0) is 11.2 Å². The zero-order valence-corrected chi connectivity index (χ0v) is 13.4. The molecule has 1 atom stereocenters. The number of hydrogen-bond donors (Lipinski definition) is 1. The number of hydrogen-bond acceptors (Lipinski definition) is 4. The molecule has 1 saturated heterocycles. The van der Waals surface area contributed by atoms with E-state index in [2.05, 4.69) is 33.2 Å². The van der Waals surface area contributed by atoms with Gasteiger partial charge >= 0.3 is 0 Å². The fourth-order valence-electron chi connectivity index (χ4n) is 2.94. The van der Waals surface area contributed by atoms with E-state index in [-0.39, 0.29) is 11.8 Å². The third-order valence-electron chi connectivity index (χ3n) is 4.23. The number of rotatable bonds is 4. The van der Waals surface area contributed by atoms with Crippen LogP contribution in [0.3, 0.4) is 0 Å². The van der Waals surface area contributed by atoms with Crippen molar-refractivity contribution in [3.05, 3.63) is 48.3 Å². The molecule has 1 aliphatic rings. The Balaban J connectivity index is 1.65. The number of amides is 1. The lowest BCUT2D eigenvalue weighted by Gasteiger charge is -2.31. The highest BCUT2D eigenvalue weighted by Gasteiger charge is 2.27. The molecule has 0 saturated carbocycles. The van der Waals surface area contributed by atoms with E-state index in [4.69, 9.17) is 0 Å². The number of nitrogens with one attached hydrogen (secondary N) is 1. The van der Waals surface area contributed by atoms with E-state index in [9.17, 15) is 4.79 Å². The number of nitrogens with zero attached hydrogens (tertiary/aromatic N) is 3. The van der Waals surface area contributed by atoms with Gasteiger partial charge < -0.3 is 10.2 Å². The van der Waals surface area contributed by atoms with E-state index >= 15 is 0 Å². The van der Waals surface area contributed by atoms with Crippen LogP contribution in [0.4, 0.5) is 11.6 Å². The Morgan fingerprint density at radius 1 is 1.30 bits per heavy atom. The molecule has 1 fully saturated rings. The summed E-state index contributed by atoms with van der Waals surface area (Å²) in [6.45, 7) is 3.68. The summed E-state index contributed by atoms with van der Waals surface area (Å²) < 4.78 is 0. The summed E-state index contributed by atoms with van der Waals surface area (Å²) in [6, 6.07) is 9.85. The molecule has 1 aromatic carbocycles. The number of benzene rings is 1. The van der Waals surface area contributed by atoms with Crippen molar-refractivity contribution in [2.45, 2.75) is 26.2 Å². The van der Waals surface area contributed by atoms with Crippen LogP contribution < -0.4 is 10.2 Å². The molecule has 1 amide bonds. The zero-order chi connectivity index (χ0) is 16.1. The van der Waals surface area contributed by atoms with E-state index in [1.165, 1.54) is 5.56 Å². The van der Waals surface area contributed by atoms with Crippen LogP contribution in [0, 0.1) is 5.92 Å². The van der Waals surface area contributed by atoms with Crippen molar-refractivity contribution in [3.63, 3.8) is 0 Å². The maximum Gasteiger partial charge on any atom is 0.229 e. The van der Waals surface area contributed by atoms with Crippen LogP contribution in [0.25, 0.3) is 0 Å². The van der Waals surface area contributed by atoms with E-state index in [1.807, 2.05) is 18.2 Å². The Morgan fingerprint density at radius 2 is 2.13 bits per heavy atom. The first-order valence-corrected chi connectivity index (χ1v) is 8.18. The first kappa shape index (κ1) is 15.5. The van der Waals surface area contributed by atoms with Crippen LogP contribution in [0.1, 0.15) is 25.3 Å². The van der Waals surface area contributed by atoms with Gasteiger partial charge in [-0.1, -0.05) is 19.1 Å². The van der Waals surface area contributed by atoms with Crippen LogP contribution in [0.2, 0.25) is 0 Å².